The van der Waals surface area contributed by atoms with Gasteiger partial charge in [-0.1, -0.05) is 13.8 Å². The molecule has 0 aromatic rings. The Bertz CT molecular complexity index is 321. The standard InChI is InChI=1S/C12H30N4O2S/c1-11(2)9-12(10-15(3)4)14-19(17,18)16(5)8-6-7-13/h11-12,14H,6-10,13H2,1-5H3. The maximum Gasteiger partial charge on any atom is 0.279 e. The van der Waals surface area contributed by atoms with Crippen LogP contribution in [0.4, 0.5) is 0 Å². The third-order valence-electron chi connectivity index (χ3n) is 2.74. The summed E-state index contributed by atoms with van der Waals surface area (Å²) >= 11 is 0. The summed E-state index contributed by atoms with van der Waals surface area (Å²) in [6.45, 7) is 5.82. The van der Waals surface area contributed by atoms with Crippen molar-refractivity contribution >= 4 is 10.2 Å². The minimum absolute atomic E-state index is 0.0691. The smallest absolute Gasteiger partial charge is 0.279 e. The second-order valence-corrected chi connectivity index (χ2v) is 7.48. The molecule has 0 spiro atoms. The molecule has 1 unspecified atom stereocenters. The predicted molar refractivity (Wildman–Crippen MR) is 80.2 cm³/mol. The van der Waals surface area contributed by atoms with Crippen molar-refractivity contribution < 1.29 is 8.42 Å². The fraction of sp³-hybridized carbons (Fsp3) is 1.00. The van der Waals surface area contributed by atoms with Crippen LogP contribution in [0.3, 0.4) is 0 Å². The van der Waals surface area contributed by atoms with Crippen LogP contribution in [0, 0.1) is 5.92 Å². The van der Waals surface area contributed by atoms with E-state index >= 15 is 0 Å². The summed E-state index contributed by atoms with van der Waals surface area (Å²) in [5.41, 5.74) is 5.40. The SMILES string of the molecule is CC(C)CC(CN(C)C)NS(=O)(=O)N(C)CCCN. The maximum atomic E-state index is 12.2. The van der Waals surface area contributed by atoms with Crippen LogP contribution in [-0.4, -0.2) is 64.4 Å². The molecule has 0 saturated carbocycles. The van der Waals surface area contributed by atoms with E-state index in [2.05, 4.69) is 18.6 Å². The molecule has 0 aliphatic carbocycles. The van der Waals surface area contributed by atoms with Gasteiger partial charge in [0.05, 0.1) is 0 Å². The highest BCUT2D eigenvalue weighted by molar-refractivity contribution is 7.87. The molecule has 0 rings (SSSR count). The minimum Gasteiger partial charge on any atom is -0.330 e. The molecule has 0 heterocycles. The monoisotopic (exact) mass is 294 g/mol. The van der Waals surface area contributed by atoms with Crippen molar-refractivity contribution in [2.75, 3.05) is 40.8 Å². The van der Waals surface area contributed by atoms with Crippen molar-refractivity contribution in [1.29, 1.82) is 0 Å². The van der Waals surface area contributed by atoms with Crippen LogP contribution in [0.1, 0.15) is 26.7 Å². The lowest BCUT2D eigenvalue weighted by molar-refractivity contribution is 0.323. The Morgan fingerprint density at radius 3 is 2.21 bits per heavy atom. The first-order valence-electron chi connectivity index (χ1n) is 6.77. The predicted octanol–water partition coefficient (Wildman–Crippen LogP) is 0.0777. The average molecular weight is 294 g/mol. The molecule has 0 aromatic carbocycles. The molecule has 0 aliphatic heterocycles. The zero-order valence-corrected chi connectivity index (χ0v) is 13.7. The lowest BCUT2D eigenvalue weighted by Gasteiger charge is -2.26. The van der Waals surface area contributed by atoms with Crippen LogP contribution in [0.2, 0.25) is 0 Å². The van der Waals surface area contributed by atoms with E-state index in [1.165, 1.54) is 4.31 Å². The van der Waals surface area contributed by atoms with Gasteiger partial charge in [0.1, 0.15) is 0 Å². The molecule has 0 fully saturated rings. The molecule has 6 nitrogen and oxygen atoms in total. The van der Waals surface area contributed by atoms with Crippen molar-refractivity contribution in [2.24, 2.45) is 11.7 Å². The lowest BCUT2D eigenvalue weighted by atomic mass is 10.0. The maximum absolute atomic E-state index is 12.2. The van der Waals surface area contributed by atoms with Gasteiger partial charge in [0.2, 0.25) is 0 Å². The van der Waals surface area contributed by atoms with Crippen LogP contribution < -0.4 is 10.5 Å². The van der Waals surface area contributed by atoms with Crippen LogP contribution in [0.15, 0.2) is 0 Å². The fourth-order valence-electron chi connectivity index (χ4n) is 1.90. The number of hydrogen-bond acceptors (Lipinski definition) is 4. The van der Waals surface area contributed by atoms with Gasteiger partial charge in [-0.05, 0) is 39.4 Å². The summed E-state index contributed by atoms with van der Waals surface area (Å²) in [6.07, 6.45) is 1.49. The molecule has 0 bridgehead atoms. The summed E-state index contributed by atoms with van der Waals surface area (Å²) in [6, 6.07) is -0.0691. The third-order valence-corrected chi connectivity index (χ3v) is 4.38. The summed E-state index contributed by atoms with van der Waals surface area (Å²) in [5, 5.41) is 0. The Morgan fingerprint density at radius 2 is 1.79 bits per heavy atom. The molecule has 19 heavy (non-hydrogen) atoms. The van der Waals surface area contributed by atoms with Gasteiger partial charge in [0.25, 0.3) is 10.2 Å². The van der Waals surface area contributed by atoms with Gasteiger partial charge in [-0.2, -0.15) is 17.4 Å². The van der Waals surface area contributed by atoms with Gasteiger partial charge in [0.15, 0.2) is 0 Å². The summed E-state index contributed by atoms with van der Waals surface area (Å²) in [5.74, 6) is 0.446. The van der Waals surface area contributed by atoms with Crippen molar-refractivity contribution in [3.8, 4) is 0 Å². The highest BCUT2D eigenvalue weighted by atomic mass is 32.2. The number of hydrogen-bond donors (Lipinski definition) is 2. The van der Waals surface area contributed by atoms with E-state index in [1.54, 1.807) is 7.05 Å². The number of nitrogens with two attached hydrogens (primary N) is 1. The normalized spacial score (nSPS) is 14.6. The van der Waals surface area contributed by atoms with Gasteiger partial charge >= 0.3 is 0 Å². The van der Waals surface area contributed by atoms with Crippen molar-refractivity contribution in [3.05, 3.63) is 0 Å². The Hall–Kier alpha value is -0.210. The molecule has 0 aromatic heterocycles. The number of nitrogens with one attached hydrogen (secondary N) is 1. The zero-order chi connectivity index (χ0) is 15.1. The van der Waals surface area contributed by atoms with E-state index in [-0.39, 0.29) is 6.04 Å². The molecule has 7 heteroatoms. The molecule has 0 saturated heterocycles. The van der Waals surface area contributed by atoms with Gasteiger partial charge < -0.3 is 10.6 Å². The molecule has 116 valence electrons. The summed E-state index contributed by atoms with van der Waals surface area (Å²) in [7, 11) is 2.05. The van der Waals surface area contributed by atoms with Gasteiger partial charge in [-0.15, -0.1) is 0 Å². The van der Waals surface area contributed by atoms with Crippen LogP contribution >= 0.6 is 0 Å². The summed E-state index contributed by atoms with van der Waals surface area (Å²) < 4.78 is 28.4. The summed E-state index contributed by atoms with van der Waals surface area (Å²) in [4.78, 5) is 2.00. The Kier molecular flexibility index (Phi) is 8.76. The molecule has 3 N–H and O–H groups in total. The Labute approximate surface area is 118 Å². The highest BCUT2D eigenvalue weighted by Crippen LogP contribution is 2.08. The first-order chi connectivity index (χ1) is 8.69. The third kappa shape index (κ3) is 8.54. The van der Waals surface area contributed by atoms with E-state index in [1.807, 2.05) is 19.0 Å². The topological polar surface area (TPSA) is 78.7 Å². The first-order valence-corrected chi connectivity index (χ1v) is 8.21. The number of nitrogens with zero attached hydrogens (tertiary/aromatic N) is 2. The molecule has 0 radical (unpaired) electrons. The number of likely N-dealkylation sites (N-methyl/N-ethyl adjacent to an activating group) is 1. The van der Waals surface area contributed by atoms with Crippen molar-refractivity contribution in [2.45, 2.75) is 32.7 Å². The Balaban J connectivity index is 4.61. The molecule has 1 atom stereocenters. The van der Waals surface area contributed by atoms with E-state index in [0.29, 0.717) is 32.0 Å². The van der Waals surface area contributed by atoms with Crippen molar-refractivity contribution in [1.82, 2.24) is 13.9 Å². The van der Waals surface area contributed by atoms with Crippen LogP contribution in [0.25, 0.3) is 0 Å². The second-order valence-electron chi connectivity index (χ2n) is 5.68. The first kappa shape index (κ1) is 18.8. The van der Waals surface area contributed by atoms with Crippen molar-refractivity contribution in [3.63, 3.8) is 0 Å². The highest BCUT2D eigenvalue weighted by Gasteiger charge is 2.23. The zero-order valence-electron chi connectivity index (χ0n) is 12.9. The largest absolute Gasteiger partial charge is 0.330 e. The molecule has 0 amide bonds. The van der Waals surface area contributed by atoms with E-state index in [4.69, 9.17) is 5.73 Å². The Morgan fingerprint density at radius 1 is 1.21 bits per heavy atom. The lowest BCUT2D eigenvalue weighted by Crippen LogP contribution is -2.48. The quantitative estimate of drug-likeness (QED) is 0.598. The average Bonchev–Trinajstić information content (AvgIpc) is 2.22. The van der Waals surface area contributed by atoms with Crippen LogP contribution in [0.5, 0.6) is 0 Å². The van der Waals surface area contributed by atoms with E-state index < -0.39 is 10.2 Å². The number of rotatable bonds is 10. The molecular formula is C12H30N4O2S. The molecular weight excluding hydrogens is 264 g/mol. The van der Waals surface area contributed by atoms with E-state index in [0.717, 1.165) is 6.42 Å². The van der Waals surface area contributed by atoms with Crippen LogP contribution in [-0.2, 0) is 10.2 Å². The second kappa shape index (κ2) is 8.86. The fourth-order valence-corrected chi connectivity index (χ4v) is 3.05. The van der Waals surface area contributed by atoms with Gasteiger partial charge in [-0.25, -0.2) is 0 Å². The van der Waals surface area contributed by atoms with E-state index in [9.17, 15) is 8.42 Å². The minimum atomic E-state index is -3.42. The van der Waals surface area contributed by atoms with Gasteiger partial charge in [-0.3, -0.25) is 0 Å². The van der Waals surface area contributed by atoms with Gasteiger partial charge in [0, 0.05) is 26.2 Å². The molecule has 0 aliphatic rings.